The topological polar surface area (TPSA) is 248 Å². The first kappa shape index (κ1) is 72.9. The van der Waals surface area contributed by atoms with Crippen molar-refractivity contribution in [2.24, 2.45) is 21.2 Å². The van der Waals surface area contributed by atoms with Gasteiger partial charge in [-0.3, -0.25) is 4.98 Å². The number of hydrogen-bond donors (Lipinski definition) is 6. The average Bonchev–Trinajstić information content (AvgIpc) is 0.901. The molecular weight excluding hydrogens is 1320 g/mol. The van der Waals surface area contributed by atoms with Gasteiger partial charge in [-0.25, -0.2) is 16.3 Å². The van der Waals surface area contributed by atoms with Crippen molar-refractivity contribution in [3.8, 4) is 0 Å². The van der Waals surface area contributed by atoms with Gasteiger partial charge in [-0.15, -0.1) is 11.8 Å². The minimum atomic E-state index is -4.39. The number of pyridine rings is 1. The van der Waals surface area contributed by atoms with Crippen molar-refractivity contribution in [3.63, 3.8) is 0 Å². The van der Waals surface area contributed by atoms with Gasteiger partial charge >= 0.3 is 12.4 Å². The van der Waals surface area contributed by atoms with Gasteiger partial charge in [-0.05, 0) is 153 Å². The summed E-state index contributed by atoms with van der Waals surface area (Å²) in [6.45, 7) is 9.85. The summed E-state index contributed by atoms with van der Waals surface area (Å²) in [6, 6.07) is 32.3. The van der Waals surface area contributed by atoms with E-state index in [4.69, 9.17) is 0 Å². The van der Waals surface area contributed by atoms with E-state index in [1.54, 1.807) is 54.8 Å². The molecule has 0 bridgehead atoms. The molecule has 0 saturated carbocycles. The van der Waals surface area contributed by atoms with Crippen molar-refractivity contribution in [3.05, 3.63) is 209 Å². The highest BCUT2D eigenvalue weighted by atomic mass is 32.2. The monoisotopic (exact) mass is 1400 g/mol. The lowest BCUT2D eigenvalue weighted by Gasteiger charge is -2.26. The van der Waals surface area contributed by atoms with Crippen LogP contribution < -0.4 is 46.9 Å². The van der Waals surface area contributed by atoms with Crippen molar-refractivity contribution >= 4 is 90.0 Å². The average molecular weight is 1400 g/mol. The summed E-state index contributed by atoms with van der Waals surface area (Å²) in [5, 5.41) is 22.2. The number of nitrogens with zero attached hydrogens (tertiary/aromatic N) is 16. The second kappa shape index (κ2) is 37.4. The minimum absolute atomic E-state index is 0.137. The molecule has 1 unspecified atom stereocenters. The summed E-state index contributed by atoms with van der Waals surface area (Å²) in [7, 11) is 0. The summed E-state index contributed by atoms with van der Waals surface area (Å²) >= 11 is 1.67. The second-order valence-electron chi connectivity index (χ2n) is 23.7. The van der Waals surface area contributed by atoms with Crippen LogP contribution in [0, 0.1) is 5.92 Å². The molecule has 526 valence electrons. The molecular formula is C72H80F6N22S. The Labute approximate surface area is 587 Å². The van der Waals surface area contributed by atoms with Gasteiger partial charge in [0.1, 0.15) is 0 Å². The predicted molar refractivity (Wildman–Crippen MR) is 392 cm³/mol. The van der Waals surface area contributed by atoms with Crippen LogP contribution in [0.5, 0.6) is 0 Å². The van der Waals surface area contributed by atoms with Gasteiger partial charge in [0.05, 0.1) is 29.3 Å². The summed E-state index contributed by atoms with van der Waals surface area (Å²) in [6.07, 6.45) is 24.7. The third kappa shape index (κ3) is 24.0. The predicted octanol–water partition coefficient (Wildman–Crippen LogP) is 15.2. The quantitative estimate of drug-likeness (QED) is 0.0108. The number of hydrazone groups is 3. The molecule has 0 radical (unpaired) electrons. The van der Waals surface area contributed by atoms with Gasteiger partial charge in [-0.1, -0.05) is 110 Å². The van der Waals surface area contributed by atoms with Crippen LogP contribution in [0.15, 0.2) is 185 Å². The third-order valence-electron chi connectivity index (χ3n) is 16.0. The number of benzene rings is 4. The first-order chi connectivity index (χ1) is 49.2. The van der Waals surface area contributed by atoms with Crippen molar-refractivity contribution in [2.75, 3.05) is 92.5 Å². The lowest BCUT2D eigenvalue weighted by Crippen LogP contribution is -2.31. The first-order valence-electron chi connectivity index (χ1n) is 33.4. The number of anilines is 9. The maximum Gasteiger partial charge on any atom is 0.416 e. The fraction of sp³-hybridized carbons (Fsp3) is 0.319. The van der Waals surface area contributed by atoms with Gasteiger partial charge in [0.2, 0.25) is 53.5 Å². The van der Waals surface area contributed by atoms with E-state index in [-0.39, 0.29) is 42.8 Å². The Hall–Kier alpha value is -10.8. The van der Waals surface area contributed by atoms with Gasteiger partial charge in [0.15, 0.2) is 0 Å². The van der Waals surface area contributed by atoms with E-state index in [0.717, 1.165) is 142 Å². The fourth-order valence-corrected chi connectivity index (χ4v) is 11.2. The molecule has 22 nitrogen and oxygen atoms in total. The van der Waals surface area contributed by atoms with Gasteiger partial charge < -0.3 is 30.7 Å². The molecule has 1 aliphatic carbocycles. The summed E-state index contributed by atoms with van der Waals surface area (Å²) < 4.78 is 78.1. The van der Waals surface area contributed by atoms with E-state index in [0.29, 0.717) is 47.4 Å². The number of hydrogen-bond acceptors (Lipinski definition) is 23. The maximum atomic E-state index is 13.0. The second-order valence-corrected chi connectivity index (χ2v) is 24.5. The fourth-order valence-electron chi connectivity index (χ4n) is 10.8. The molecule has 4 aromatic heterocycles. The molecule has 4 aliphatic rings. The first-order valence-corrected chi connectivity index (χ1v) is 34.6. The smallest absolute Gasteiger partial charge is 0.350 e. The van der Waals surface area contributed by atoms with E-state index in [1.165, 1.54) is 25.0 Å². The van der Waals surface area contributed by atoms with Crippen molar-refractivity contribution < 1.29 is 26.3 Å². The van der Waals surface area contributed by atoms with E-state index in [1.807, 2.05) is 85.2 Å². The normalized spacial score (nSPS) is 15.6. The number of alkyl halides is 6. The molecule has 101 heavy (non-hydrogen) atoms. The molecule has 3 aliphatic heterocycles. The number of rotatable bonds is 24. The highest BCUT2D eigenvalue weighted by Gasteiger charge is 2.31. The van der Waals surface area contributed by atoms with E-state index in [9.17, 15) is 26.3 Å². The third-order valence-corrected chi connectivity index (χ3v) is 16.8. The van der Waals surface area contributed by atoms with E-state index < -0.39 is 23.5 Å². The van der Waals surface area contributed by atoms with E-state index >= 15 is 0 Å². The highest BCUT2D eigenvalue weighted by Crippen LogP contribution is 2.32. The Bertz CT molecular complexity index is 4120. The SMILES string of the molecule is C=C/C=C\c1cc(/C=N/Nc2nc(NCc3ccccc3)nc(N3CCCCC3)n2)ccn1.CSc1ccc(/C=N/Nc2nc(NCc3cccc(C(F)(F)F)c3)nc(N3CCCCC3)n2)cc1.FC(F)(F)c1cccc(CNc2nc(N/N=C/C3C=CC=CC3)nc(N3CCCCC3)n2)c1. The molecule has 4 aromatic carbocycles. The molecule has 0 spiro atoms. The number of halogens is 6. The lowest BCUT2D eigenvalue weighted by atomic mass is 10.0. The summed E-state index contributed by atoms with van der Waals surface area (Å²) in [5.41, 5.74) is 12.1. The Balaban J connectivity index is 0.000000163. The largest absolute Gasteiger partial charge is 0.416 e. The Morgan fingerprint density at radius 2 is 0.950 bits per heavy atom. The standard InChI is InChI=1S/C25H28N8.C24H26F3N7S.C23H26F3N7/c1-2-3-12-22-17-21(13-14-26-22)19-28-32-24-29-23(27-18-20-10-6-4-7-11-20)30-25(31-24)33-15-8-5-9-16-33;1-35-20-10-8-17(9-11-20)16-29-33-22-30-21(31-23(32-22)34-12-3-2-4-13-34)28-15-18-6-5-7-19(14-18)24(25,26)27;24-23(25,26)19-11-7-10-18(14-19)15-27-20-29-21(32-28-16-17-8-3-1-4-9-17)31-22(30-20)33-12-5-2-6-13-33/h2-4,6-7,10-14,17,19H,1,5,8-9,15-16,18H2,(H2,27,29,30,31,32);5-11,14,16H,2-4,12-13,15H2,1H3,(H2,28,30,31,32,33);1,3-4,7-8,10-11,14,16-17H,2,5-6,9,12-13,15H2,(H2,27,29,30,31,32)/b12-3-,28-19+;29-16+;28-16+. The Kier molecular flexibility index (Phi) is 27.0. The van der Waals surface area contributed by atoms with Crippen LogP contribution in [0.4, 0.5) is 79.9 Å². The number of thioether (sulfide) groups is 1. The van der Waals surface area contributed by atoms with Crippen LogP contribution in [0.3, 0.4) is 0 Å². The van der Waals surface area contributed by atoms with Crippen molar-refractivity contribution in [2.45, 2.75) is 101 Å². The van der Waals surface area contributed by atoms with E-state index in [2.05, 4.69) is 143 Å². The van der Waals surface area contributed by atoms with Crippen molar-refractivity contribution in [1.82, 2.24) is 49.8 Å². The number of piperidine rings is 3. The lowest BCUT2D eigenvalue weighted by molar-refractivity contribution is -0.138. The molecule has 7 heterocycles. The Morgan fingerprint density at radius 1 is 0.495 bits per heavy atom. The molecule has 3 fully saturated rings. The van der Waals surface area contributed by atoms with Crippen LogP contribution in [0.25, 0.3) is 6.08 Å². The van der Waals surface area contributed by atoms with Crippen LogP contribution in [-0.2, 0) is 32.0 Å². The zero-order chi connectivity index (χ0) is 70.5. The van der Waals surface area contributed by atoms with Crippen LogP contribution in [-0.4, -0.2) is 114 Å². The maximum absolute atomic E-state index is 13.0. The van der Waals surface area contributed by atoms with Crippen molar-refractivity contribution in [1.29, 1.82) is 0 Å². The highest BCUT2D eigenvalue weighted by molar-refractivity contribution is 7.98. The molecule has 3 saturated heterocycles. The van der Waals surface area contributed by atoms with Crippen LogP contribution in [0.1, 0.15) is 109 Å². The molecule has 0 amide bonds. The van der Waals surface area contributed by atoms with Gasteiger partial charge in [0.25, 0.3) is 0 Å². The van der Waals surface area contributed by atoms with Gasteiger partial charge in [0, 0.05) is 82.1 Å². The molecule has 6 N–H and O–H groups in total. The number of aromatic nitrogens is 10. The Morgan fingerprint density at radius 3 is 1.41 bits per heavy atom. The zero-order valence-corrected chi connectivity index (χ0v) is 56.7. The zero-order valence-electron chi connectivity index (χ0n) is 55.9. The van der Waals surface area contributed by atoms with Crippen LogP contribution in [0.2, 0.25) is 0 Å². The summed E-state index contributed by atoms with van der Waals surface area (Å²) in [4.78, 5) is 52.3. The molecule has 1 atom stereocenters. The number of allylic oxidation sites excluding steroid dienone is 6. The van der Waals surface area contributed by atoms with Gasteiger partial charge in [-0.2, -0.15) is 86.5 Å². The molecule has 29 heteroatoms. The molecule has 12 rings (SSSR count). The molecule has 8 aromatic rings. The minimum Gasteiger partial charge on any atom is -0.350 e. The summed E-state index contributed by atoms with van der Waals surface area (Å²) in [5.74, 6) is 3.89. The number of nitrogens with one attached hydrogen (secondary N) is 6. The van der Waals surface area contributed by atoms with Crippen LogP contribution >= 0.6 is 11.8 Å².